The largest absolute Gasteiger partial charge is 0.495 e. The van der Waals surface area contributed by atoms with Crippen molar-refractivity contribution in [2.24, 2.45) is 0 Å². The first kappa shape index (κ1) is 21.9. The first-order chi connectivity index (χ1) is 13.3. The third-order valence-electron chi connectivity index (χ3n) is 3.72. The smallest absolute Gasteiger partial charge is 0.255 e. The summed E-state index contributed by atoms with van der Waals surface area (Å²) in [5.74, 6) is 0.433. The van der Waals surface area contributed by atoms with Gasteiger partial charge in [-0.15, -0.1) is 6.58 Å². The van der Waals surface area contributed by atoms with Gasteiger partial charge in [-0.05, 0) is 45.8 Å². The van der Waals surface area contributed by atoms with Crippen LogP contribution < -0.4 is 19.5 Å². The van der Waals surface area contributed by atoms with Gasteiger partial charge in [0.05, 0.1) is 20.0 Å². The Kier molecular flexibility index (Phi) is 7.61. The van der Waals surface area contributed by atoms with Crippen molar-refractivity contribution in [2.75, 3.05) is 26.1 Å². The summed E-state index contributed by atoms with van der Waals surface area (Å²) in [6.45, 7) is 3.65. The molecule has 2 N–H and O–H groups in total. The van der Waals surface area contributed by atoms with Gasteiger partial charge in [0.25, 0.3) is 5.91 Å². The molecule has 0 aliphatic carbocycles. The molecule has 0 spiro atoms. The van der Waals surface area contributed by atoms with Crippen molar-refractivity contribution in [2.45, 2.75) is 5.75 Å². The zero-order valence-corrected chi connectivity index (χ0v) is 17.9. The second-order valence-electron chi connectivity index (χ2n) is 5.74. The van der Waals surface area contributed by atoms with Crippen LogP contribution in [0.2, 0.25) is 0 Å². The van der Waals surface area contributed by atoms with E-state index in [1.807, 2.05) is 0 Å². The van der Waals surface area contributed by atoms with E-state index in [4.69, 9.17) is 9.47 Å². The molecule has 9 heteroatoms. The molecule has 2 rings (SSSR count). The highest BCUT2D eigenvalue weighted by Crippen LogP contribution is 2.35. The molecule has 0 unspecified atom stereocenters. The predicted octanol–water partition coefficient (Wildman–Crippen LogP) is 3.32. The number of rotatable bonds is 9. The van der Waals surface area contributed by atoms with Crippen molar-refractivity contribution in [1.82, 2.24) is 4.72 Å². The van der Waals surface area contributed by atoms with E-state index in [1.165, 1.54) is 20.3 Å². The summed E-state index contributed by atoms with van der Waals surface area (Å²) >= 11 is 3.36. The van der Waals surface area contributed by atoms with Crippen LogP contribution in [-0.2, 0) is 15.8 Å². The van der Waals surface area contributed by atoms with E-state index in [2.05, 4.69) is 32.5 Å². The molecular weight excluding hydrogens is 448 g/mol. The minimum atomic E-state index is -3.44. The van der Waals surface area contributed by atoms with Crippen LogP contribution in [0.1, 0.15) is 15.9 Å². The van der Waals surface area contributed by atoms with E-state index in [0.717, 1.165) is 0 Å². The van der Waals surface area contributed by atoms with Crippen molar-refractivity contribution in [3.63, 3.8) is 0 Å². The van der Waals surface area contributed by atoms with Gasteiger partial charge in [0.1, 0.15) is 16.0 Å². The van der Waals surface area contributed by atoms with E-state index >= 15 is 0 Å². The summed E-state index contributed by atoms with van der Waals surface area (Å²) in [5, 5.41) is 2.76. The summed E-state index contributed by atoms with van der Waals surface area (Å²) < 4.78 is 37.3. The van der Waals surface area contributed by atoms with Gasteiger partial charge in [-0.1, -0.05) is 18.2 Å². The van der Waals surface area contributed by atoms with E-state index in [1.54, 1.807) is 36.4 Å². The fraction of sp³-hybridized carbons (Fsp3) is 0.211. The Hall–Kier alpha value is -2.36. The van der Waals surface area contributed by atoms with E-state index in [9.17, 15) is 13.2 Å². The van der Waals surface area contributed by atoms with Crippen molar-refractivity contribution < 1.29 is 22.7 Å². The minimum absolute atomic E-state index is 0.157. The highest BCUT2D eigenvalue weighted by Gasteiger charge is 2.15. The molecule has 150 valence electrons. The molecule has 0 bridgehead atoms. The standard InChI is InChI=1S/C19H21BrN2O5S/c1-4-9-21-28(24,25)12-13-5-7-15(8-6-13)22-19(23)14-10-16(26-2)18(20)17(11-14)27-3/h4-8,10-11,21H,1,9,12H2,2-3H3,(H,22,23). The van der Waals surface area contributed by atoms with Gasteiger partial charge in [-0.2, -0.15) is 0 Å². The number of hydrogen-bond acceptors (Lipinski definition) is 5. The number of hydrogen-bond donors (Lipinski definition) is 2. The maximum Gasteiger partial charge on any atom is 0.255 e. The lowest BCUT2D eigenvalue weighted by Crippen LogP contribution is -2.25. The maximum atomic E-state index is 12.5. The minimum Gasteiger partial charge on any atom is -0.495 e. The van der Waals surface area contributed by atoms with Crippen LogP contribution in [0.25, 0.3) is 0 Å². The molecule has 0 saturated heterocycles. The van der Waals surface area contributed by atoms with E-state index in [-0.39, 0.29) is 18.2 Å². The Morgan fingerprint density at radius 1 is 1.14 bits per heavy atom. The zero-order chi connectivity index (χ0) is 20.7. The van der Waals surface area contributed by atoms with Gasteiger partial charge in [0, 0.05) is 17.8 Å². The van der Waals surface area contributed by atoms with Crippen molar-refractivity contribution in [1.29, 1.82) is 0 Å². The molecule has 7 nitrogen and oxygen atoms in total. The molecule has 0 atom stereocenters. The Morgan fingerprint density at radius 3 is 2.21 bits per heavy atom. The molecule has 0 heterocycles. The molecule has 0 fully saturated rings. The second-order valence-corrected chi connectivity index (χ2v) is 8.34. The van der Waals surface area contributed by atoms with Crippen molar-refractivity contribution >= 4 is 37.5 Å². The number of sulfonamides is 1. The highest BCUT2D eigenvalue weighted by atomic mass is 79.9. The molecule has 2 aromatic carbocycles. The molecular formula is C19H21BrN2O5S. The van der Waals surface area contributed by atoms with Gasteiger partial charge in [-0.25, -0.2) is 13.1 Å². The lowest BCUT2D eigenvalue weighted by atomic mass is 10.1. The fourth-order valence-electron chi connectivity index (χ4n) is 2.34. The normalized spacial score (nSPS) is 11.0. The molecule has 1 amide bonds. The van der Waals surface area contributed by atoms with Crippen LogP contribution in [0.4, 0.5) is 5.69 Å². The van der Waals surface area contributed by atoms with Gasteiger partial charge < -0.3 is 14.8 Å². The summed E-state index contributed by atoms with van der Waals surface area (Å²) in [4.78, 5) is 12.5. The molecule has 0 aliphatic rings. The quantitative estimate of drug-likeness (QED) is 0.550. The van der Waals surface area contributed by atoms with E-state index < -0.39 is 10.0 Å². The summed E-state index contributed by atoms with van der Waals surface area (Å²) in [6, 6.07) is 9.76. The Morgan fingerprint density at radius 2 is 1.71 bits per heavy atom. The number of carbonyl (C=O) groups is 1. The maximum absolute atomic E-state index is 12.5. The third kappa shape index (κ3) is 5.82. The Bertz CT molecular complexity index is 934. The SMILES string of the molecule is C=CCNS(=O)(=O)Cc1ccc(NC(=O)c2cc(OC)c(Br)c(OC)c2)cc1. The highest BCUT2D eigenvalue weighted by molar-refractivity contribution is 9.10. The topological polar surface area (TPSA) is 93.7 Å². The van der Waals surface area contributed by atoms with Crippen LogP contribution in [-0.4, -0.2) is 35.1 Å². The summed E-state index contributed by atoms with van der Waals surface area (Å²) in [7, 11) is -0.440. The third-order valence-corrected chi connectivity index (χ3v) is 5.83. The van der Waals surface area contributed by atoms with Crippen LogP contribution in [0, 0.1) is 0 Å². The molecule has 2 aromatic rings. The van der Waals surface area contributed by atoms with Crippen LogP contribution in [0.3, 0.4) is 0 Å². The molecule has 28 heavy (non-hydrogen) atoms. The fourth-order valence-corrected chi connectivity index (χ4v) is 4.00. The number of anilines is 1. The molecule has 0 aliphatic heterocycles. The number of halogens is 1. The van der Waals surface area contributed by atoms with Crippen molar-refractivity contribution in [3.8, 4) is 11.5 Å². The van der Waals surface area contributed by atoms with Gasteiger partial charge in [0.15, 0.2) is 0 Å². The number of ether oxygens (including phenoxy) is 2. The summed E-state index contributed by atoms with van der Waals surface area (Å²) in [5.41, 5.74) is 1.49. The molecule has 0 saturated carbocycles. The molecule has 0 radical (unpaired) electrons. The number of amides is 1. The lowest BCUT2D eigenvalue weighted by molar-refractivity contribution is 0.102. The monoisotopic (exact) mass is 468 g/mol. The van der Waals surface area contributed by atoms with Crippen molar-refractivity contribution in [3.05, 3.63) is 64.7 Å². The number of carbonyl (C=O) groups excluding carboxylic acids is 1. The van der Waals surface area contributed by atoms with Crippen LogP contribution in [0.15, 0.2) is 53.5 Å². The number of methoxy groups -OCH3 is 2. The number of benzene rings is 2. The Labute approximate surface area is 172 Å². The average molecular weight is 469 g/mol. The Balaban J connectivity index is 2.12. The van der Waals surface area contributed by atoms with Gasteiger partial charge in [-0.3, -0.25) is 4.79 Å². The second kappa shape index (κ2) is 9.72. The lowest BCUT2D eigenvalue weighted by Gasteiger charge is -2.12. The van der Waals surface area contributed by atoms with Gasteiger partial charge >= 0.3 is 0 Å². The average Bonchev–Trinajstić information content (AvgIpc) is 2.67. The predicted molar refractivity (Wildman–Crippen MR) is 112 cm³/mol. The van der Waals surface area contributed by atoms with E-state index in [0.29, 0.717) is 32.8 Å². The number of nitrogens with one attached hydrogen (secondary N) is 2. The first-order valence-electron chi connectivity index (χ1n) is 8.19. The first-order valence-corrected chi connectivity index (χ1v) is 10.6. The van der Waals surface area contributed by atoms with Crippen LogP contribution >= 0.6 is 15.9 Å². The summed E-state index contributed by atoms with van der Waals surface area (Å²) in [6.07, 6.45) is 1.47. The van der Waals surface area contributed by atoms with Crippen LogP contribution in [0.5, 0.6) is 11.5 Å². The van der Waals surface area contributed by atoms with Gasteiger partial charge in [0.2, 0.25) is 10.0 Å². The zero-order valence-electron chi connectivity index (χ0n) is 15.5. The molecule has 0 aromatic heterocycles.